The molecule has 0 fully saturated rings. The summed E-state index contributed by atoms with van der Waals surface area (Å²) >= 11 is 6.07. The lowest BCUT2D eigenvalue weighted by Crippen LogP contribution is -2.21. The van der Waals surface area contributed by atoms with Gasteiger partial charge in [0.2, 0.25) is 0 Å². The predicted octanol–water partition coefficient (Wildman–Crippen LogP) is 3.02. The summed E-state index contributed by atoms with van der Waals surface area (Å²) in [7, 11) is 0. The van der Waals surface area contributed by atoms with Crippen LogP contribution in [0.1, 0.15) is 17.7 Å². The van der Waals surface area contributed by atoms with Crippen LogP contribution in [-0.2, 0) is 12.8 Å². The molecule has 17 heavy (non-hydrogen) atoms. The molecular formula is C13H14ClFN2. The molecule has 0 radical (unpaired) electrons. The van der Waals surface area contributed by atoms with Gasteiger partial charge in [0.05, 0.1) is 5.02 Å². The molecule has 1 atom stereocenters. The number of hydrogen-bond donors (Lipinski definition) is 2. The molecule has 0 amide bonds. The lowest BCUT2D eigenvalue weighted by Gasteiger charge is -2.20. The molecule has 4 heteroatoms. The Labute approximate surface area is 104 Å². The van der Waals surface area contributed by atoms with Crippen molar-refractivity contribution in [1.82, 2.24) is 4.98 Å². The summed E-state index contributed by atoms with van der Waals surface area (Å²) in [4.78, 5) is 3.34. The van der Waals surface area contributed by atoms with Crippen molar-refractivity contribution in [3.05, 3.63) is 34.2 Å². The number of aromatic amines is 1. The van der Waals surface area contributed by atoms with Crippen LogP contribution in [-0.4, -0.2) is 11.5 Å². The Morgan fingerprint density at radius 2 is 2.29 bits per heavy atom. The fourth-order valence-electron chi connectivity index (χ4n) is 2.72. The minimum absolute atomic E-state index is 0.234. The normalized spacial score (nSPS) is 19.6. The monoisotopic (exact) mass is 252 g/mol. The Kier molecular flexibility index (Phi) is 2.60. The molecule has 0 saturated heterocycles. The Morgan fingerprint density at radius 3 is 3.06 bits per heavy atom. The zero-order valence-electron chi connectivity index (χ0n) is 9.39. The van der Waals surface area contributed by atoms with Gasteiger partial charge >= 0.3 is 0 Å². The smallest absolute Gasteiger partial charge is 0.142 e. The van der Waals surface area contributed by atoms with Gasteiger partial charge in [-0.2, -0.15) is 0 Å². The molecule has 0 unspecified atom stereocenters. The van der Waals surface area contributed by atoms with E-state index < -0.39 is 0 Å². The van der Waals surface area contributed by atoms with Gasteiger partial charge in [-0.15, -0.1) is 0 Å². The van der Waals surface area contributed by atoms with E-state index in [-0.39, 0.29) is 10.8 Å². The molecule has 3 N–H and O–H groups in total. The maximum atomic E-state index is 13.5. The van der Waals surface area contributed by atoms with Crippen molar-refractivity contribution < 1.29 is 4.39 Å². The third-order valence-corrected chi connectivity index (χ3v) is 4.04. The Hall–Kier alpha value is -1.06. The summed E-state index contributed by atoms with van der Waals surface area (Å²) in [6, 6.07) is 3.17. The van der Waals surface area contributed by atoms with Crippen LogP contribution in [0.2, 0.25) is 5.02 Å². The standard InChI is InChI=1S/C13H14ClFN2/c14-13-9(15)2-4-11-12(13)8-5-7(6-16)1-3-10(8)17-11/h2,4,7,17H,1,3,5-6,16H2/t7-/m0/s1. The average molecular weight is 253 g/mol. The molecule has 0 saturated carbocycles. The highest BCUT2D eigenvalue weighted by Crippen LogP contribution is 2.36. The third-order valence-electron chi connectivity index (χ3n) is 3.68. The third kappa shape index (κ3) is 1.65. The van der Waals surface area contributed by atoms with Crippen molar-refractivity contribution in [2.24, 2.45) is 11.7 Å². The highest BCUT2D eigenvalue weighted by Gasteiger charge is 2.23. The van der Waals surface area contributed by atoms with E-state index in [9.17, 15) is 4.39 Å². The second kappa shape index (κ2) is 4.00. The second-order valence-corrected chi connectivity index (χ2v) is 5.09. The number of aromatic nitrogens is 1. The first kappa shape index (κ1) is 11.1. The van der Waals surface area contributed by atoms with Crippen molar-refractivity contribution >= 4 is 22.5 Å². The largest absolute Gasteiger partial charge is 0.358 e. The van der Waals surface area contributed by atoms with Gasteiger partial charge in [0.15, 0.2) is 0 Å². The number of nitrogens with two attached hydrogens (primary N) is 1. The molecule has 0 spiro atoms. The molecule has 3 rings (SSSR count). The zero-order chi connectivity index (χ0) is 12.0. The van der Waals surface area contributed by atoms with Gasteiger partial charge < -0.3 is 10.7 Å². The molecule has 90 valence electrons. The highest BCUT2D eigenvalue weighted by molar-refractivity contribution is 6.36. The first-order chi connectivity index (χ1) is 8.20. The van der Waals surface area contributed by atoms with E-state index in [1.54, 1.807) is 6.07 Å². The highest BCUT2D eigenvalue weighted by atomic mass is 35.5. The fraction of sp³-hybridized carbons (Fsp3) is 0.385. The molecule has 1 aliphatic rings. The molecule has 1 heterocycles. The molecular weight excluding hydrogens is 239 g/mol. The van der Waals surface area contributed by atoms with Crippen LogP contribution in [0.5, 0.6) is 0 Å². The first-order valence-electron chi connectivity index (χ1n) is 5.88. The topological polar surface area (TPSA) is 41.8 Å². The minimum Gasteiger partial charge on any atom is -0.358 e. The second-order valence-electron chi connectivity index (χ2n) is 4.71. The molecule has 1 aromatic heterocycles. The molecule has 2 aromatic rings. The van der Waals surface area contributed by atoms with Crippen LogP contribution in [0.3, 0.4) is 0 Å². The number of fused-ring (bicyclic) bond motifs is 3. The summed E-state index contributed by atoms with van der Waals surface area (Å²) in [6.45, 7) is 0.680. The van der Waals surface area contributed by atoms with E-state index in [0.717, 1.165) is 35.7 Å². The average Bonchev–Trinajstić information content (AvgIpc) is 2.71. The summed E-state index contributed by atoms with van der Waals surface area (Å²) in [5.74, 6) is 0.136. The van der Waals surface area contributed by atoms with Gasteiger partial charge in [-0.1, -0.05) is 11.6 Å². The summed E-state index contributed by atoms with van der Waals surface area (Å²) in [6.07, 6.45) is 2.97. The number of H-pyrrole nitrogens is 1. The Bertz CT molecular complexity index is 576. The van der Waals surface area contributed by atoms with Crippen molar-refractivity contribution in [1.29, 1.82) is 0 Å². The number of nitrogens with one attached hydrogen (secondary N) is 1. The number of benzene rings is 1. The van der Waals surface area contributed by atoms with Crippen LogP contribution in [0.4, 0.5) is 4.39 Å². The van der Waals surface area contributed by atoms with Gasteiger partial charge in [0.1, 0.15) is 5.82 Å². The molecule has 1 aliphatic carbocycles. The Balaban J connectivity index is 2.22. The number of rotatable bonds is 1. The molecule has 0 aliphatic heterocycles. The van der Waals surface area contributed by atoms with Crippen molar-refractivity contribution in [2.75, 3.05) is 6.54 Å². The van der Waals surface area contributed by atoms with Gasteiger partial charge in [-0.05, 0) is 49.4 Å². The van der Waals surface area contributed by atoms with Gasteiger partial charge in [0.25, 0.3) is 0 Å². The van der Waals surface area contributed by atoms with Crippen molar-refractivity contribution in [3.63, 3.8) is 0 Å². The predicted molar refractivity (Wildman–Crippen MR) is 67.8 cm³/mol. The van der Waals surface area contributed by atoms with Crippen molar-refractivity contribution in [2.45, 2.75) is 19.3 Å². The maximum Gasteiger partial charge on any atom is 0.142 e. The van der Waals surface area contributed by atoms with Gasteiger partial charge in [-0.3, -0.25) is 0 Å². The molecule has 0 bridgehead atoms. The summed E-state index contributed by atoms with van der Waals surface area (Å²) in [5.41, 5.74) is 9.00. The lowest BCUT2D eigenvalue weighted by molar-refractivity contribution is 0.468. The van der Waals surface area contributed by atoms with Gasteiger partial charge in [0, 0.05) is 16.6 Å². The minimum atomic E-state index is -0.351. The Morgan fingerprint density at radius 1 is 1.47 bits per heavy atom. The summed E-state index contributed by atoms with van der Waals surface area (Å²) in [5, 5.41) is 1.08. The number of halogens is 2. The lowest BCUT2D eigenvalue weighted by atomic mass is 9.86. The van der Waals surface area contributed by atoms with E-state index in [1.807, 2.05) is 0 Å². The first-order valence-corrected chi connectivity index (χ1v) is 6.26. The van der Waals surface area contributed by atoms with E-state index in [4.69, 9.17) is 17.3 Å². The fourth-order valence-corrected chi connectivity index (χ4v) is 3.00. The van der Waals surface area contributed by atoms with Crippen molar-refractivity contribution in [3.8, 4) is 0 Å². The number of hydrogen-bond acceptors (Lipinski definition) is 1. The SMILES string of the molecule is NC[C@H]1CCc2[nH]c3ccc(F)c(Cl)c3c2C1. The number of aryl methyl sites for hydroxylation is 1. The van der Waals surface area contributed by atoms with E-state index in [1.165, 1.54) is 11.8 Å². The van der Waals surface area contributed by atoms with Crippen LogP contribution < -0.4 is 5.73 Å². The molecule has 1 aromatic carbocycles. The van der Waals surface area contributed by atoms with E-state index >= 15 is 0 Å². The summed E-state index contributed by atoms with van der Waals surface area (Å²) < 4.78 is 13.5. The zero-order valence-corrected chi connectivity index (χ0v) is 10.1. The van der Waals surface area contributed by atoms with E-state index in [2.05, 4.69) is 4.98 Å². The maximum absolute atomic E-state index is 13.5. The van der Waals surface area contributed by atoms with Crippen LogP contribution in [0, 0.1) is 11.7 Å². The van der Waals surface area contributed by atoms with Crippen LogP contribution in [0.15, 0.2) is 12.1 Å². The molecule has 2 nitrogen and oxygen atoms in total. The van der Waals surface area contributed by atoms with Crippen LogP contribution in [0.25, 0.3) is 10.9 Å². The van der Waals surface area contributed by atoms with Crippen LogP contribution >= 0.6 is 11.6 Å². The van der Waals surface area contributed by atoms with Gasteiger partial charge in [-0.25, -0.2) is 4.39 Å². The quantitative estimate of drug-likeness (QED) is 0.805. The van der Waals surface area contributed by atoms with E-state index in [0.29, 0.717) is 12.5 Å².